The summed E-state index contributed by atoms with van der Waals surface area (Å²) >= 11 is 3.41. The van der Waals surface area contributed by atoms with E-state index in [-0.39, 0.29) is 0 Å². The van der Waals surface area contributed by atoms with E-state index in [0.717, 1.165) is 0 Å². The zero-order chi connectivity index (χ0) is 8.85. The van der Waals surface area contributed by atoms with Gasteiger partial charge in [-0.25, -0.2) is 4.79 Å². The summed E-state index contributed by atoms with van der Waals surface area (Å²) in [6.07, 6.45) is -1.02. The summed E-state index contributed by atoms with van der Waals surface area (Å²) in [5.74, 6) is 0. The molecule has 0 amide bonds. The maximum absolute atomic E-state index is 10.2. The minimum absolute atomic E-state index is 0.391. The second-order valence-electron chi connectivity index (χ2n) is 1.89. The van der Waals surface area contributed by atoms with Crippen LogP contribution in [0.3, 0.4) is 0 Å². The molecular weight excluding hydrogens is 168 g/mol. The molecule has 0 heterocycles. The monoisotopic (exact) mass is 180 g/mol. The van der Waals surface area contributed by atoms with E-state index in [0.29, 0.717) is 0 Å². The minimum Gasteiger partial charge on any atom is -0.428 e. The third kappa shape index (κ3) is 6.15. The lowest BCUT2D eigenvalue weighted by atomic mass is 10.7. The van der Waals surface area contributed by atoms with Crippen molar-refractivity contribution in [1.29, 1.82) is 0 Å². The maximum atomic E-state index is 10.2. The van der Waals surface area contributed by atoms with Gasteiger partial charge in [0.15, 0.2) is 6.29 Å². The molecule has 0 bridgehead atoms. The molecule has 2 unspecified atom stereocenters. The van der Waals surface area contributed by atoms with E-state index in [9.17, 15) is 4.79 Å². The van der Waals surface area contributed by atoms with Crippen LogP contribution < -0.4 is 0 Å². The van der Waals surface area contributed by atoms with Gasteiger partial charge in [0.1, 0.15) is 0 Å². The molecule has 0 N–H and O–H groups in total. The van der Waals surface area contributed by atoms with E-state index < -0.39 is 17.9 Å². The molecule has 0 saturated heterocycles. The van der Waals surface area contributed by atoms with Gasteiger partial charge in [0.05, 0.1) is 0 Å². The Balaban J connectivity index is 3.51. The fourth-order valence-electron chi connectivity index (χ4n) is 0.495. The summed E-state index contributed by atoms with van der Waals surface area (Å²) in [7, 11) is 1.50. The minimum atomic E-state index is -0.666. The van der Waals surface area contributed by atoms with Gasteiger partial charge in [-0.2, -0.15) is 0 Å². The third-order valence-corrected chi connectivity index (χ3v) is 1.09. The lowest BCUT2D eigenvalue weighted by Gasteiger charge is -2.16. The first-order chi connectivity index (χ1) is 5.06. The Morgan fingerprint density at radius 2 is 1.91 bits per heavy atom. The first kappa shape index (κ1) is 10.7. The summed E-state index contributed by atoms with van der Waals surface area (Å²) in [6.45, 7) is 3.28. The molecule has 5 heteroatoms. The third-order valence-electron chi connectivity index (χ3n) is 0.982. The Bertz CT molecular complexity index is 128. The molecule has 2 atom stereocenters. The molecule has 11 heavy (non-hydrogen) atoms. The van der Waals surface area contributed by atoms with Gasteiger partial charge in [0, 0.05) is 7.11 Å². The first-order valence-corrected chi connectivity index (χ1v) is 3.58. The lowest BCUT2D eigenvalue weighted by molar-refractivity contribution is -0.199. The number of carbonyl (C=O) groups excluding carboxylic acids is 1. The summed E-state index contributed by atoms with van der Waals surface area (Å²) < 4.78 is 14.3. The average molecular weight is 180 g/mol. The van der Waals surface area contributed by atoms with Crippen molar-refractivity contribution in [2.24, 2.45) is 0 Å². The molecule has 0 saturated carbocycles. The zero-order valence-corrected chi connectivity index (χ0v) is 7.63. The van der Waals surface area contributed by atoms with Crippen LogP contribution in [0.15, 0.2) is 0 Å². The number of carbonyl (C=O) groups is 1. The van der Waals surface area contributed by atoms with Crippen molar-refractivity contribution in [3.63, 3.8) is 0 Å². The molecule has 0 aliphatic carbocycles. The van der Waals surface area contributed by atoms with Gasteiger partial charge in [-0.05, 0) is 13.8 Å². The van der Waals surface area contributed by atoms with Crippen LogP contribution in [0.1, 0.15) is 13.8 Å². The number of hydrogen-bond donors (Lipinski definition) is 1. The van der Waals surface area contributed by atoms with Crippen molar-refractivity contribution in [3.8, 4) is 0 Å². The van der Waals surface area contributed by atoms with Crippen LogP contribution in [0.4, 0.5) is 4.79 Å². The standard InChI is InChI=1S/C6H12O4S/c1-4(8-3)9-5(2)10-6(7)11/h4-5H,1-3H3,(H,7,11). The first-order valence-electron chi connectivity index (χ1n) is 3.14. The highest BCUT2D eigenvalue weighted by molar-refractivity contribution is 7.96. The van der Waals surface area contributed by atoms with Crippen molar-refractivity contribution >= 4 is 17.9 Å². The molecule has 66 valence electrons. The number of methoxy groups -OCH3 is 1. The number of rotatable bonds is 4. The molecule has 0 aliphatic heterocycles. The smallest absolute Gasteiger partial charge is 0.366 e. The van der Waals surface area contributed by atoms with Gasteiger partial charge in [-0.15, -0.1) is 0 Å². The largest absolute Gasteiger partial charge is 0.428 e. The lowest BCUT2D eigenvalue weighted by Crippen LogP contribution is -2.21. The number of ether oxygens (including phenoxy) is 3. The highest BCUT2D eigenvalue weighted by atomic mass is 32.1. The maximum Gasteiger partial charge on any atom is 0.366 e. The molecule has 0 fully saturated rings. The average Bonchev–Trinajstić information content (AvgIpc) is 1.85. The number of thiol groups is 1. The molecule has 0 rings (SSSR count). The summed E-state index contributed by atoms with van der Waals surface area (Å²) in [5.41, 5.74) is 0. The van der Waals surface area contributed by atoms with Crippen molar-refractivity contribution in [2.75, 3.05) is 7.11 Å². The van der Waals surface area contributed by atoms with Crippen LogP contribution in [0.2, 0.25) is 0 Å². The van der Waals surface area contributed by atoms with Crippen molar-refractivity contribution in [1.82, 2.24) is 0 Å². The van der Waals surface area contributed by atoms with Crippen LogP contribution in [0.5, 0.6) is 0 Å². The van der Waals surface area contributed by atoms with Crippen molar-refractivity contribution in [3.05, 3.63) is 0 Å². The molecular formula is C6H12O4S. The molecule has 0 aromatic rings. The SMILES string of the molecule is COC(C)OC(C)OC(=O)S. The Kier molecular flexibility index (Phi) is 5.27. The van der Waals surface area contributed by atoms with Crippen LogP contribution in [0.25, 0.3) is 0 Å². The molecule has 0 aromatic heterocycles. The second kappa shape index (κ2) is 5.40. The van der Waals surface area contributed by atoms with Gasteiger partial charge < -0.3 is 14.2 Å². The predicted molar refractivity (Wildman–Crippen MR) is 42.5 cm³/mol. The van der Waals surface area contributed by atoms with E-state index in [4.69, 9.17) is 9.47 Å². The highest BCUT2D eigenvalue weighted by Gasteiger charge is 2.09. The number of hydrogen-bond acceptors (Lipinski definition) is 4. The van der Waals surface area contributed by atoms with E-state index in [2.05, 4.69) is 17.4 Å². The summed E-state index contributed by atoms with van der Waals surface area (Å²) in [6, 6.07) is 0. The molecule has 4 nitrogen and oxygen atoms in total. The zero-order valence-electron chi connectivity index (χ0n) is 6.73. The Labute approximate surface area is 71.2 Å². The van der Waals surface area contributed by atoms with Crippen molar-refractivity contribution < 1.29 is 19.0 Å². The normalized spacial score (nSPS) is 15.6. The highest BCUT2D eigenvalue weighted by Crippen LogP contribution is 2.01. The topological polar surface area (TPSA) is 44.8 Å². The fourth-order valence-corrected chi connectivity index (χ4v) is 0.644. The fraction of sp³-hybridized carbons (Fsp3) is 0.833. The van der Waals surface area contributed by atoms with Crippen LogP contribution >= 0.6 is 12.6 Å². The Hall–Kier alpha value is -0.260. The molecule has 0 spiro atoms. The molecule has 0 radical (unpaired) electrons. The van der Waals surface area contributed by atoms with E-state index >= 15 is 0 Å². The quantitative estimate of drug-likeness (QED) is 0.403. The Morgan fingerprint density at radius 1 is 1.36 bits per heavy atom. The predicted octanol–water partition coefficient (Wildman–Crippen LogP) is 1.41. The van der Waals surface area contributed by atoms with E-state index in [1.807, 2.05) is 0 Å². The van der Waals surface area contributed by atoms with Gasteiger partial charge in [0.2, 0.25) is 6.29 Å². The molecule has 0 aliphatic rings. The van der Waals surface area contributed by atoms with E-state index in [1.54, 1.807) is 13.8 Å². The Morgan fingerprint density at radius 3 is 2.27 bits per heavy atom. The molecule has 0 aromatic carbocycles. The van der Waals surface area contributed by atoms with Crippen molar-refractivity contribution in [2.45, 2.75) is 26.4 Å². The van der Waals surface area contributed by atoms with Gasteiger partial charge in [0.25, 0.3) is 0 Å². The summed E-state index contributed by atoms with van der Waals surface area (Å²) in [4.78, 5) is 10.2. The second-order valence-corrected chi connectivity index (χ2v) is 2.26. The van der Waals surface area contributed by atoms with Gasteiger partial charge in [-0.1, -0.05) is 12.6 Å². The van der Waals surface area contributed by atoms with Crippen LogP contribution in [0, 0.1) is 0 Å². The van der Waals surface area contributed by atoms with E-state index in [1.165, 1.54) is 7.11 Å². The van der Waals surface area contributed by atoms with Crippen LogP contribution in [-0.2, 0) is 14.2 Å². The van der Waals surface area contributed by atoms with Gasteiger partial charge >= 0.3 is 5.30 Å². The summed E-state index contributed by atoms with van der Waals surface area (Å²) in [5, 5.41) is -0.666. The van der Waals surface area contributed by atoms with Gasteiger partial charge in [-0.3, -0.25) is 0 Å². The van der Waals surface area contributed by atoms with Crippen LogP contribution in [-0.4, -0.2) is 25.0 Å².